The van der Waals surface area contributed by atoms with Crippen molar-refractivity contribution in [2.24, 2.45) is 5.92 Å². The summed E-state index contributed by atoms with van der Waals surface area (Å²) in [5.41, 5.74) is 0. The maximum absolute atomic E-state index is 12.4. The largest absolute Gasteiger partial charge is 0.396 e. The van der Waals surface area contributed by atoms with Gasteiger partial charge in [-0.3, -0.25) is 14.3 Å². The first kappa shape index (κ1) is 16.0. The second-order valence-electron chi connectivity index (χ2n) is 6.36. The highest BCUT2D eigenvalue weighted by atomic mass is 16.3. The van der Waals surface area contributed by atoms with Crippen LogP contribution in [0.25, 0.3) is 0 Å². The van der Waals surface area contributed by atoms with Crippen molar-refractivity contribution in [2.75, 3.05) is 26.2 Å². The smallest absolute Gasteiger partial charge is 0.244 e. The van der Waals surface area contributed by atoms with E-state index in [1.54, 1.807) is 17.1 Å². The number of piperidine rings is 2. The van der Waals surface area contributed by atoms with Crippen LogP contribution in [0.1, 0.15) is 25.7 Å². The first-order chi connectivity index (χ1) is 11.2. The van der Waals surface area contributed by atoms with Crippen LogP contribution in [0.2, 0.25) is 0 Å². The molecule has 0 saturated carbocycles. The molecule has 126 valence electrons. The fourth-order valence-corrected chi connectivity index (χ4v) is 3.74. The summed E-state index contributed by atoms with van der Waals surface area (Å²) in [6.45, 7) is 2.41. The number of hydrogen-bond acceptors (Lipinski definition) is 4. The Hall–Kier alpha value is -1.89. The predicted octanol–water partition coefficient (Wildman–Crippen LogP) is 0.105. The summed E-state index contributed by atoms with van der Waals surface area (Å²) in [7, 11) is 0. The van der Waals surface area contributed by atoms with Crippen molar-refractivity contribution < 1.29 is 14.7 Å². The van der Waals surface area contributed by atoms with Gasteiger partial charge in [0.25, 0.3) is 0 Å². The third kappa shape index (κ3) is 3.55. The predicted molar refractivity (Wildman–Crippen MR) is 83.4 cm³/mol. The van der Waals surface area contributed by atoms with Crippen LogP contribution in [-0.2, 0) is 16.1 Å². The fraction of sp³-hybridized carbons (Fsp3) is 0.688. The molecule has 1 aromatic heterocycles. The van der Waals surface area contributed by atoms with Gasteiger partial charge >= 0.3 is 0 Å². The van der Waals surface area contributed by atoms with E-state index in [9.17, 15) is 9.59 Å². The number of amides is 2. The van der Waals surface area contributed by atoms with Gasteiger partial charge in [-0.15, -0.1) is 0 Å². The lowest BCUT2D eigenvalue weighted by molar-refractivity contribution is -0.144. The highest BCUT2D eigenvalue weighted by Crippen LogP contribution is 2.31. The first-order valence-electron chi connectivity index (χ1n) is 8.34. The summed E-state index contributed by atoms with van der Waals surface area (Å²) in [4.78, 5) is 28.4. The molecule has 0 bridgehead atoms. The van der Waals surface area contributed by atoms with Crippen molar-refractivity contribution in [3.8, 4) is 0 Å². The summed E-state index contributed by atoms with van der Waals surface area (Å²) in [5, 5.41) is 13.1. The Morgan fingerprint density at radius 3 is 3.00 bits per heavy atom. The molecule has 3 heterocycles. The maximum atomic E-state index is 12.4. The van der Waals surface area contributed by atoms with Gasteiger partial charge in [-0.05, 0) is 31.2 Å². The second kappa shape index (κ2) is 7.12. The topological polar surface area (TPSA) is 78.7 Å². The normalized spacial score (nSPS) is 24.7. The van der Waals surface area contributed by atoms with Gasteiger partial charge in [0.2, 0.25) is 11.8 Å². The van der Waals surface area contributed by atoms with Crippen LogP contribution in [0, 0.1) is 5.92 Å². The molecule has 2 amide bonds. The average Bonchev–Trinajstić information content (AvgIpc) is 3.06. The molecule has 2 atom stereocenters. The molecule has 7 heteroatoms. The van der Waals surface area contributed by atoms with Crippen molar-refractivity contribution >= 4 is 11.8 Å². The highest BCUT2D eigenvalue weighted by molar-refractivity contribution is 5.78. The van der Waals surface area contributed by atoms with E-state index in [0.717, 1.165) is 12.8 Å². The molecule has 0 aromatic carbocycles. The molecule has 1 N–H and O–H groups in total. The molecule has 0 spiro atoms. The van der Waals surface area contributed by atoms with Crippen LogP contribution in [0.4, 0.5) is 0 Å². The number of fused-ring (bicyclic) bond motifs is 1. The molecule has 23 heavy (non-hydrogen) atoms. The van der Waals surface area contributed by atoms with E-state index in [1.807, 2.05) is 15.9 Å². The molecule has 7 nitrogen and oxygen atoms in total. The standard InChI is InChI=1S/C16H24N4O3/c21-10-2-8-20-14-5-9-18(11-13(14)3-4-15(20)22)16(23)12-19-7-1-6-17-19/h1,6-7,13-14,21H,2-5,8-12H2/t13-,14+/m0/s1. The van der Waals surface area contributed by atoms with E-state index in [2.05, 4.69) is 5.10 Å². The Balaban J connectivity index is 1.60. The van der Waals surface area contributed by atoms with Gasteiger partial charge in [0.15, 0.2) is 0 Å². The first-order valence-corrected chi connectivity index (χ1v) is 8.34. The van der Waals surface area contributed by atoms with Crippen molar-refractivity contribution in [1.82, 2.24) is 19.6 Å². The van der Waals surface area contributed by atoms with E-state index in [1.165, 1.54) is 0 Å². The summed E-state index contributed by atoms with van der Waals surface area (Å²) < 4.78 is 1.65. The molecular formula is C16H24N4O3. The summed E-state index contributed by atoms with van der Waals surface area (Å²) in [6, 6.07) is 2.03. The van der Waals surface area contributed by atoms with E-state index in [-0.39, 0.29) is 31.0 Å². The lowest BCUT2D eigenvalue weighted by Crippen LogP contribution is -2.57. The molecule has 2 aliphatic heterocycles. The SMILES string of the molecule is O=C(Cn1cccn1)N1CC[C@@H]2[C@@H](CCC(=O)N2CCCO)C1. The van der Waals surface area contributed by atoms with Gasteiger partial charge in [0, 0.05) is 51.1 Å². The van der Waals surface area contributed by atoms with E-state index >= 15 is 0 Å². The summed E-state index contributed by atoms with van der Waals surface area (Å²) in [6.07, 6.45) is 6.31. The Bertz CT molecular complexity index is 546. The zero-order chi connectivity index (χ0) is 16.2. The molecule has 0 radical (unpaired) electrons. The van der Waals surface area contributed by atoms with Crippen LogP contribution in [0.3, 0.4) is 0 Å². The van der Waals surface area contributed by atoms with E-state index in [4.69, 9.17) is 5.11 Å². The Morgan fingerprint density at radius 1 is 1.39 bits per heavy atom. The number of hydrogen-bond donors (Lipinski definition) is 1. The number of carbonyl (C=O) groups excluding carboxylic acids is 2. The van der Waals surface area contributed by atoms with Crippen molar-refractivity contribution in [1.29, 1.82) is 0 Å². The molecule has 2 fully saturated rings. The van der Waals surface area contributed by atoms with Crippen LogP contribution in [0.5, 0.6) is 0 Å². The molecule has 2 saturated heterocycles. The van der Waals surface area contributed by atoms with Crippen molar-refractivity contribution in [2.45, 2.75) is 38.3 Å². The van der Waals surface area contributed by atoms with Crippen LogP contribution < -0.4 is 0 Å². The van der Waals surface area contributed by atoms with Crippen molar-refractivity contribution in [3.63, 3.8) is 0 Å². The monoisotopic (exact) mass is 320 g/mol. The van der Waals surface area contributed by atoms with Crippen LogP contribution >= 0.6 is 0 Å². The average molecular weight is 320 g/mol. The Labute approximate surface area is 135 Å². The molecule has 0 aliphatic carbocycles. The van der Waals surface area contributed by atoms with Gasteiger partial charge in [0.05, 0.1) is 0 Å². The van der Waals surface area contributed by atoms with Gasteiger partial charge in [-0.25, -0.2) is 0 Å². The third-order valence-electron chi connectivity index (χ3n) is 4.91. The Morgan fingerprint density at radius 2 is 2.26 bits per heavy atom. The molecule has 1 aromatic rings. The third-order valence-corrected chi connectivity index (χ3v) is 4.91. The lowest BCUT2D eigenvalue weighted by atomic mass is 9.83. The van der Waals surface area contributed by atoms with Gasteiger partial charge < -0.3 is 14.9 Å². The minimum atomic E-state index is 0.0889. The quantitative estimate of drug-likeness (QED) is 0.835. The van der Waals surface area contributed by atoms with Crippen LogP contribution in [0.15, 0.2) is 18.5 Å². The van der Waals surface area contributed by atoms with E-state index in [0.29, 0.717) is 38.4 Å². The number of aliphatic hydroxyl groups excluding tert-OH is 1. The molecule has 2 aliphatic rings. The zero-order valence-corrected chi connectivity index (χ0v) is 13.3. The molecule has 3 rings (SSSR count). The number of rotatable bonds is 5. The number of carbonyl (C=O) groups is 2. The maximum Gasteiger partial charge on any atom is 0.244 e. The minimum Gasteiger partial charge on any atom is -0.396 e. The number of nitrogens with zero attached hydrogens (tertiary/aromatic N) is 4. The van der Waals surface area contributed by atoms with E-state index < -0.39 is 0 Å². The van der Waals surface area contributed by atoms with Gasteiger partial charge in [-0.1, -0.05) is 0 Å². The molecule has 0 unspecified atom stereocenters. The lowest BCUT2D eigenvalue weighted by Gasteiger charge is -2.47. The second-order valence-corrected chi connectivity index (χ2v) is 6.36. The number of likely N-dealkylation sites (tertiary alicyclic amines) is 2. The Kier molecular flexibility index (Phi) is 4.95. The minimum absolute atomic E-state index is 0.0889. The van der Waals surface area contributed by atoms with Gasteiger partial charge in [-0.2, -0.15) is 5.10 Å². The zero-order valence-electron chi connectivity index (χ0n) is 13.3. The van der Waals surface area contributed by atoms with Crippen molar-refractivity contribution in [3.05, 3.63) is 18.5 Å². The summed E-state index contributed by atoms with van der Waals surface area (Å²) in [5.74, 6) is 0.628. The van der Waals surface area contributed by atoms with Gasteiger partial charge in [0.1, 0.15) is 6.54 Å². The number of aliphatic hydroxyl groups is 1. The fourth-order valence-electron chi connectivity index (χ4n) is 3.74. The number of aromatic nitrogens is 2. The molecular weight excluding hydrogens is 296 g/mol. The summed E-state index contributed by atoms with van der Waals surface area (Å²) >= 11 is 0. The van der Waals surface area contributed by atoms with Crippen LogP contribution in [-0.4, -0.2) is 68.8 Å². The highest BCUT2D eigenvalue weighted by Gasteiger charge is 2.39.